The highest BCUT2D eigenvalue weighted by molar-refractivity contribution is 9.10. The summed E-state index contributed by atoms with van der Waals surface area (Å²) in [6, 6.07) is 7.13. The maximum absolute atomic E-state index is 13.4. The summed E-state index contributed by atoms with van der Waals surface area (Å²) in [4.78, 5) is 38.3. The topological polar surface area (TPSA) is 60.4 Å². The third kappa shape index (κ3) is 3.58. The summed E-state index contributed by atoms with van der Waals surface area (Å²) in [5, 5.41) is 0. The molecule has 0 amide bonds. The fraction of sp³-hybridized carbons (Fsp3) is 0.536. The number of carbonyl (C=O) groups is 3. The van der Waals surface area contributed by atoms with Gasteiger partial charge in [0.15, 0.2) is 11.6 Å². The first-order valence-corrected chi connectivity index (χ1v) is 12.9. The number of benzene rings is 1. The Bertz CT molecular complexity index is 1080. The van der Waals surface area contributed by atoms with E-state index in [1.165, 1.54) is 0 Å². The van der Waals surface area contributed by atoms with Crippen LogP contribution in [-0.2, 0) is 14.3 Å². The molecule has 2 saturated carbocycles. The molecule has 174 valence electrons. The minimum Gasteiger partial charge on any atom is -0.455 e. The van der Waals surface area contributed by atoms with Crippen molar-refractivity contribution in [1.82, 2.24) is 0 Å². The lowest BCUT2D eigenvalue weighted by molar-refractivity contribution is -0.128. The van der Waals surface area contributed by atoms with Crippen LogP contribution in [0.4, 0.5) is 0 Å². The molecule has 1 aromatic rings. The molecule has 4 aliphatic rings. The van der Waals surface area contributed by atoms with E-state index in [1.54, 1.807) is 19.1 Å². The Hall–Kier alpha value is -2.01. The van der Waals surface area contributed by atoms with Crippen LogP contribution in [0.5, 0.6) is 0 Å². The van der Waals surface area contributed by atoms with Crippen LogP contribution >= 0.6 is 15.9 Å². The standard InChI is InChI=1S/C28H31BrO4/c1-16(30)21-8-9-22-20-15-25(31)24-14-19(33-26(32)17-4-6-18(29)7-5-17)10-12-28(24,3)23(20)11-13-27(21,22)2/h4-8,14,19-20,22-23H,9-13,15H2,1-3H3/t19-,20-,22-,23-,27+,28+/m0/s1. The normalized spacial score (nSPS) is 37.3. The molecule has 0 aromatic heterocycles. The molecule has 0 heterocycles. The molecule has 0 saturated heterocycles. The zero-order valence-electron chi connectivity index (χ0n) is 19.5. The first-order valence-electron chi connectivity index (χ1n) is 12.1. The van der Waals surface area contributed by atoms with E-state index in [0.29, 0.717) is 29.7 Å². The van der Waals surface area contributed by atoms with E-state index >= 15 is 0 Å². The summed E-state index contributed by atoms with van der Waals surface area (Å²) in [6.45, 7) is 6.17. The zero-order valence-corrected chi connectivity index (χ0v) is 21.1. The SMILES string of the molecule is CC(=O)C1=CC[C@H]2[C@@H]3CC(=O)C4=C[C@@H](OC(=O)c5ccc(Br)cc5)CC[C@]4(C)[C@H]3CC[C@]12C. The van der Waals surface area contributed by atoms with Crippen molar-refractivity contribution in [2.24, 2.45) is 28.6 Å². The van der Waals surface area contributed by atoms with Crippen molar-refractivity contribution in [3.05, 3.63) is 57.6 Å². The number of ketones is 2. The molecule has 6 atom stereocenters. The van der Waals surface area contributed by atoms with Gasteiger partial charge in [0.25, 0.3) is 0 Å². The summed E-state index contributed by atoms with van der Waals surface area (Å²) in [5.41, 5.74) is 2.09. The van der Waals surface area contributed by atoms with Crippen LogP contribution < -0.4 is 0 Å². The monoisotopic (exact) mass is 510 g/mol. The molecule has 5 rings (SSSR count). The average Bonchev–Trinajstić information content (AvgIpc) is 3.13. The van der Waals surface area contributed by atoms with Crippen LogP contribution in [0.1, 0.15) is 69.7 Å². The second kappa shape index (κ2) is 8.04. The second-order valence-electron chi connectivity index (χ2n) is 10.9. The molecule has 1 aromatic carbocycles. The Morgan fingerprint density at radius 2 is 1.73 bits per heavy atom. The number of Topliss-reactive ketones (excluding diaryl/α,β-unsaturated/α-hetero) is 2. The predicted octanol–water partition coefficient (Wildman–Crippen LogP) is 6.24. The van der Waals surface area contributed by atoms with E-state index in [4.69, 9.17) is 4.74 Å². The molecule has 2 fully saturated rings. The lowest BCUT2D eigenvalue weighted by atomic mass is 9.46. The molecule has 0 N–H and O–H groups in total. The van der Waals surface area contributed by atoms with Crippen molar-refractivity contribution >= 4 is 33.5 Å². The van der Waals surface area contributed by atoms with Gasteiger partial charge < -0.3 is 4.74 Å². The maximum atomic E-state index is 13.4. The van der Waals surface area contributed by atoms with E-state index in [-0.39, 0.29) is 34.5 Å². The van der Waals surface area contributed by atoms with Gasteiger partial charge in [-0.15, -0.1) is 0 Å². The maximum Gasteiger partial charge on any atom is 0.338 e. The van der Waals surface area contributed by atoms with Gasteiger partial charge in [0.2, 0.25) is 0 Å². The van der Waals surface area contributed by atoms with E-state index in [1.807, 2.05) is 18.2 Å². The van der Waals surface area contributed by atoms with Crippen molar-refractivity contribution in [3.63, 3.8) is 0 Å². The molecule has 0 radical (unpaired) electrons. The van der Waals surface area contributed by atoms with Crippen LogP contribution in [0.3, 0.4) is 0 Å². The number of carbonyl (C=O) groups excluding carboxylic acids is 3. The number of esters is 1. The quantitative estimate of drug-likeness (QED) is 0.451. The van der Waals surface area contributed by atoms with Gasteiger partial charge >= 0.3 is 5.97 Å². The summed E-state index contributed by atoms with van der Waals surface area (Å²) in [7, 11) is 0. The number of hydrogen-bond acceptors (Lipinski definition) is 4. The van der Waals surface area contributed by atoms with Crippen LogP contribution in [0.25, 0.3) is 0 Å². The number of hydrogen-bond donors (Lipinski definition) is 0. The van der Waals surface area contributed by atoms with Crippen molar-refractivity contribution in [2.75, 3.05) is 0 Å². The number of ether oxygens (including phenoxy) is 1. The third-order valence-electron chi connectivity index (χ3n) is 9.19. The van der Waals surface area contributed by atoms with Gasteiger partial charge in [-0.1, -0.05) is 35.9 Å². The Morgan fingerprint density at radius 1 is 1.03 bits per heavy atom. The summed E-state index contributed by atoms with van der Waals surface area (Å²) < 4.78 is 6.70. The fourth-order valence-corrected chi connectivity index (χ4v) is 7.78. The van der Waals surface area contributed by atoms with Gasteiger partial charge in [0.05, 0.1) is 5.56 Å². The number of allylic oxidation sites excluding steroid dienone is 3. The fourth-order valence-electron chi connectivity index (χ4n) is 7.52. The minimum absolute atomic E-state index is 0.0950. The highest BCUT2D eigenvalue weighted by atomic mass is 79.9. The van der Waals surface area contributed by atoms with Crippen molar-refractivity contribution in [3.8, 4) is 0 Å². The Labute approximate surface area is 204 Å². The van der Waals surface area contributed by atoms with Crippen molar-refractivity contribution in [2.45, 2.75) is 65.4 Å². The third-order valence-corrected chi connectivity index (χ3v) is 9.72. The van der Waals surface area contributed by atoms with Gasteiger partial charge in [-0.05, 0) is 104 Å². The van der Waals surface area contributed by atoms with Crippen LogP contribution in [0, 0.1) is 28.6 Å². The van der Waals surface area contributed by atoms with E-state index < -0.39 is 0 Å². The lowest BCUT2D eigenvalue weighted by Crippen LogP contribution is -2.53. The highest BCUT2D eigenvalue weighted by Gasteiger charge is 2.59. The van der Waals surface area contributed by atoms with Gasteiger partial charge in [0, 0.05) is 16.5 Å². The molecule has 0 bridgehead atoms. The summed E-state index contributed by atoms with van der Waals surface area (Å²) in [6.07, 6.45) is 8.79. The highest BCUT2D eigenvalue weighted by Crippen LogP contribution is 2.64. The Morgan fingerprint density at radius 3 is 2.42 bits per heavy atom. The van der Waals surface area contributed by atoms with Crippen LogP contribution in [0.2, 0.25) is 0 Å². The molecular formula is C28H31BrO4. The summed E-state index contributed by atoms with van der Waals surface area (Å²) in [5.74, 6) is 1.14. The first kappa shape index (κ1) is 22.8. The molecule has 4 aliphatic carbocycles. The van der Waals surface area contributed by atoms with E-state index in [9.17, 15) is 14.4 Å². The molecule has 5 heteroatoms. The van der Waals surface area contributed by atoms with Gasteiger partial charge in [0.1, 0.15) is 6.10 Å². The molecular weight excluding hydrogens is 480 g/mol. The lowest BCUT2D eigenvalue weighted by Gasteiger charge is -2.57. The minimum atomic E-state index is -0.365. The molecule has 4 nitrogen and oxygen atoms in total. The largest absolute Gasteiger partial charge is 0.455 e. The van der Waals surface area contributed by atoms with Gasteiger partial charge in [-0.2, -0.15) is 0 Å². The van der Waals surface area contributed by atoms with Crippen LogP contribution in [0.15, 0.2) is 52.0 Å². The molecule has 33 heavy (non-hydrogen) atoms. The second-order valence-corrected chi connectivity index (χ2v) is 11.8. The average molecular weight is 511 g/mol. The molecule has 0 aliphatic heterocycles. The first-order chi connectivity index (χ1) is 15.6. The van der Waals surface area contributed by atoms with Crippen molar-refractivity contribution < 1.29 is 19.1 Å². The van der Waals surface area contributed by atoms with E-state index in [0.717, 1.165) is 47.7 Å². The predicted molar refractivity (Wildman–Crippen MR) is 130 cm³/mol. The smallest absolute Gasteiger partial charge is 0.338 e. The molecule has 0 unspecified atom stereocenters. The zero-order chi connectivity index (χ0) is 23.5. The molecule has 0 spiro atoms. The number of halogens is 1. The number of fused-ring (bicyclic) bond motifs is 5. The van der Waals surface area contributed by atoms with Gasteiger partial charge in [-0.3, -0.25) is 9.59 Å². The van der Waals surface area contributed by atoms with Crippen LogP contribution in [-0.4, -0.2) is 23.6 Å². The summed E-state index contributed by atoms with van der Waals surface area (Å²) >= 11 is 3.38. The van der Waals surface area contributed by atoms with Gasteiger partial charge in [-0.25, -0.2) is 4.79 Å². The van der Waals surface area contributed by atoms with Crippen molar-refractivity contribution in [1.29, 1.82) is 0 Å². The number of rotatable bonds is 3. The Balaban J connectivity index is 1.37. The Kier molecular flexibility index (Phi) is 5.55. The van der Waals surface area contributed by atoms with E-state index in [2.05, 4.69) is 35.9 Å².